The Balaban J connectivity index is 2.72. The molecule has 2 N–H and O–H groups in total. The molecule has 106 valence electrons. The van der Waals surface area contributed by atoms with Crippen molar-refractivity contribution in [1.29, 1.82) is 0 Å². The number of nitrogens with one attached hydrogen (secondary N) is 2. The fourth-order valence-corrected chi connectivity index (χ4v) is 1.79. The van der Waals surface area contributed by atoms with Crippen molar-refractivity contribution in [3.8, 4) is 5.75 Å². The van der Waals surface area contributed by atoms with Crippen LogP contribution in [0.25, 0.3) is 0 Å². The number of ether oxygens (including phenoxy) is 1. The third-order valence-corrected chi connectivity index (χ3v) is 2.81. The van der Waals surface area contributed by atoms with Crippen LogP contribution in [-0.4, -0.2) is 25.6 Å². The molecule has 1 rings (SSSR count). The molecular formula is C15H24N2O2. The van der Waals surface area contributed by atoms with Gasteiger partial charge in [0.25, 0.3) is 5.91 Å². The minimum atomic E-state index is -0.482. The molecule has 1 aromatic rings. The summed E-state index contributed by atoms with van der Waals surface area (Å²) < 4.78 is 5.76. The van der Waals surface area contributed by atoms with Crippen LogP contribution in [0.5, 0.6) is 5.75 Å². The second-order valence-electron chi connectivity index (χ2n) is 4.69. The van der Waals surface area contributed by atoms with E-state index in [1.807, 2.05) is 33.0 Å². The average molecular weight is 264 g/mol. The van der Waals surface area contributed by atoms with Gasteiger partial charge in [-0.2, -0.15) is 0 Å². The SMILES string of the molecule is CCCNC(=O)C(C)Oc1ccc(C)cc1CNC. The van der Waals surface area contributed by atoms with Gasteiger partial charge in [-0.3, -0.25) is 4.79 Å². The van der Waals surface area contributed by atoms with Crippen LogP contribution in [0.3, 0.4) is 0 Å². The number of rotatable bonds is 7. The van der Waals surface area contributed by atoms with Crippen molar-refractivity contribution >= 4 is 5.91 Å². The number of benzene rings is 1. The predicted octanol–water partition coefficient (Wildman–Crippen LogP) is 2.01. The maximum absolute atomic E-state index is 11.8. The Bertz CT molecular complexity index is 419. The summed E-state index contributed by atoms with van der Waals surface area (Å²) in [5.41, 5.74) is 2.25. The lowest BCUT2D eigenvalue weighted by atomic mass is 10.1. The summed E-state index contributed by atoms with van der Waals surface area (Å²) in [6.45, 7) is 7.25. The van der Waals surface area contributed by atoms with Gasteiger partial charge in [0.15, 0.2) is 6.10 Å². The van der Waals surface area contributed by atoms with E-state index < -0.39 is 6.10 Å². The topological polar surface area (TPSA) is 50.4 Å². The Morgan fingerprint density at radius 3 is 2.79 bits per heavy atom. The normalized spacial score (nSPS) is 12.0. The second-order valence-corrected chi connectivity index (χ2v) is 4.69. The van der Waals surface area contributed by atoms with E-state index >= 15 is 0 Å². The molecule has 0 aliphatic heterocycles. The zero-order valence-corrected chi connectivity index (χ0v) is 12.2. The molecule has 1 aromatic carbocycles. The molecule has 4 nitrogen and oxygen atoms in total. The smallest absolute Gasteiger partial charge is 0.260 e. The summed E-state index contributed by atoms with van der Waals surface area (Å²) in [6, 6.07) is 5.99. The molecule has 0 aromatic heterocycles. The van der Waals surface area contributed by atoms with Crippen LogP contribution in [0.2, 0.25) is 0 Å². The monoisotopic (exact) mass is 264 g/mol. The third-order valence-electron chi connectivity index (χ3n) is 2.81. The summed E-state index contributed by atoms with van der Waals surface area (Å²) in [5.74, 6) is 0.692. The molecule has 0 spiro atoms. The van der Waals surface area contributed by atoms with Crippen LogP contribution in [-0.2, 0) is 11.3 Å². The fraction of sp³-hybridized carbons (Fsp3) is 0.533. The Labute approximate surface area is 115 Å². The average Bonchev–Trinajstić information content (AvgIpc) is 2.39. The van der Waals surface area contributed by atoms with Crippen LogP contribution in [0.4, 0.5) is 0 Å². The minimum Gasteiger partial charge on any atom is -0.481 e. The van der Waals surface area contributed by atoms with Gasteiger partial charge in [0.2, 0.25) is 0 Å². The number of hydrogen-bond donors (Lipinski definition) is 2. The van der Waals surface area contributed by atoms with E-state index in [4.69, 9.17) is 4.74 Å². The van der Waals surface area contributed by atoms with Gasteiger partial charge in [-0.25, -0.2) is 0 Å². The maximum Gasteiger partial charge on any atom is 0.260 e. The Kier molecular flexibility index (Phi) is 6.36. The van der Waals surface area contributed by atoms with E-state index in [9.17, 15) is 4.79 Å². The van der Waals surface area contributed by atoms with Crippen molar-refractivity contribution in [3.05, 3.63) is 29.3 Å². The molecule has 4 heteroatoms. The summed E-state index contributed by atoms with van der Waals surface area (Å²) in [5, 5.41) is 5.94. The van der Waals surface area contributed by atoms with Crippen LogP contribution in [0.15, 0.2) is 18.2 Å². The highest BCUT2D eigenvalue weighted by molar-refractivity contribution is 5.80. The van der Waals surface area contributed by atoms with Crippen molar-refractivity contribution in [1.82, 2.24) is 10.6 Å². The largest absolute Gasteiger partial charge is 0.481 e. The summed E-state index contributed by atoms with van der Waals surface area (Å²) in [6.07, 6.45) is 0.443. The van der Waals surface area contributed by atoms with Gasteiger partial charge in [0.1, 0.15) is 5.75 Å². The van der Waals surface area contributed by atoms with E-state index in [1.165, 1.54) is 5.56 Å². The van der Waals surface area contributed by atoms with Gasteiger partial charge in [-0.15, -0.1) is 0 Å². The van der Waals surface area contributed by atoms with Gasteiger partial charge in [-0.05, 0) is 33.4 Å². The highest BCUT2D eigenvalue weighted by atomic mass is 16.5. The zero-order valence-electron chi connectivity index (χ0n) is 12.2. The van der Waals surface area contributed by atoms with Crippen LogP contribution in [0.1, 0.15) is 31.4 Å². The van der Waals surface area contributed by atoms with Crippen LogP contribution in [0, 0.1) is 6.92 Å². The number of hydrogen-bond acceptors (Lipinski definition) is 3. The fourth-order valence-electron chi connectivity index (χ4n) is 1.79. The molecule has 1 amide bonds. The van der Waals surface area contributed by atoms with Crippen LogP contribution >= 0.6 is 0 Å². The zero-order chi connectivity index (χ0) is 14.3. The molecule has 0 radical (unpaired) electrons. The quantitative estimate of drug-likeness (QED) is 0.792. The highest BCUT2D eigenvalue weighted by Gasteiger charge is 2.15. The molecule has 1 unspecified atom stereocenters. The molecule has 0 bridgehead atoms. The predicted molar refractivity (Wildman–Crippen MR) is 77.3 cm³/mol. The highest BCUT2D eigenvalue weighted by Crippen LogP contribution is 2.21. The lowest BCUT2D eigenvalue weighted by Gasteiger charge is -2.17. The summed E-state index contributed by atoms with van der Waals surface area (Å²) >= 11 is 0. The second kappa shape index (κ2) is 7.79. The Morgan fingerprint density at radius 1 is 1.42 bits per heavy atom. The number of aryl methyl sites for hydroxylation is 1. The van der Waals surface area contributed by atoms with E-state index in [-0.39, 0.29) is 5.91 Å². The van der Waals surface area contributed by atoms with Gasteiger partial charge in [0, 0.05) is 18.7 Å². The molecular weight excluding hydrogens is 240 g/mol. The number of carbonyl (C=O) groups excluding carboxylic acids is 1. The van der Waals surface area contributed by atoms with Crippen molar-refractivity contribution in [3.63, 3.8) is 0 Å². The first-order valence-corrected chi connectivity index (χ1v) is 6.77. The summed E-state index contributed by atoms with van der Waals surface area (Å²) in [4.78, 5) is 11.8. The van der Waals surface area contributed by atoms with Crippen molar-refractivity contribution in [2.45, 2.75) is 39.8 Å². The number of carbonyl (C=O) groups is 1. The molecule has 0 saturated carbocycles. The third kappa shape index (κ3) is 4.91. The molecule has 0 fully saturated rings. The molecule has 0 saturated heterocycles. The van der Waals surface area contributed by atoms with E-state index in [1.54, 1.807) is 6.92 Å². The van der Waals surface area contributed by atoms with Crippen molar-refractivity contribution in [2.24, 2.45) is 0 Å². The minimum absolute atomic E-state index is 0.0715. The summed E-state index contributed by atoms with van der Waals surface area (Å²) in [7, 11) is 1.89. The molecule has 0 aliphatic rings. The first-order valence-electron chi connectivity index (χ1n) is 6.77. The van der Waals surface area contributed by atoms with Crippen molar-refractivity contribution in [2.75, 3.05) is 13.6 Å². The van der Waals surface area contributed by atoms with E-state index in [0.29, 0.717) is 6.54 Å². The maximum atomic E-state index is 11.8. The molecule has 0 heterocycles. The van der Waals surface area contributed by atoms with E-state index in [0.717, 1.165) is 24.3 Å². The number of amides is 1. The molecule has 19 heavy (non-hydrogen) atoms. The van der Waals surface area contributed by atoms with Gasteiger partial charge in [0.05, 0.1) is 0 Å². The first kappa shape index (κ1) is 15.5. The lowest BCUT2D eigenvalue weighted by molar-refractivity contribution is -0.127. The van der Waals surface area contributed by atoms with Gasteiger partial charge in [-0.1, -0.05) is 24.6 Å². The first-order chi connectivity index (χ1) is 9.08. The van der Waals surface area contributed by atoms with Gasteiger partial charge < -0.3 is 15.4 Å². The molecule has 0 aliphatic carbocycles. The Hall–Kier alpha value is -1.55. The lowest BCUT2D eigenvalue weighted by Crippen LogP contribution is -2.36. The van der Waals surface area contributed by atoms with E-state index in [2.05, 4.69) is 16.7 Å². The standard InChI is InChI=1S/C15H24N2O2/c1-5-8-17-15(18)12(3)19-14-7-6-11(2)9-13(14)10-16-4/h6-7,9,12,16H,5,8,10H2,1-4H3,(H,17,18). The van der Waals surface area contributed by atoms with Crippen molar-refractivity contribution < 1.29 is 9.53 Å². The van der Waals surface area contributed by atoms with Crippen LogP contribution < -0.4 is 15.4 Å². The Morgan fingerprint density at radius 2 is 2.16 bits per heavy atom. The molecule has 1 atom stereocenters. The van der Waals surface area contributed by atoms with Gasteiger partial charge >= 0.3 is 0 Å².